The molecule has 0 atom stereocenters. The van der Waals surface area contributed by atoms with Gasteiger partial charge in [0.15, 0.2) is 18.1 Å². The Labute approximate surface area is 92.9 Å². The third-order valence-electron chi connectivity index (χ3n) is 2.44. The predicted octanol–water partition coefficient (Wildman–Crippen LogP) is 1.29. The van der Waals surface area contributed by atoms with Gasteiger partial charge in [-0.1, -0.05) is 0 Å². The molecule has 1 aromatic rings. The fourth-order valence-electron chi connectivity index (χ4n) is 1.71. The average Bonchev–Trinajstić information content (AvgIpc) is 2.69. The molecule has 0 unspecified atom stereocenters. The zero-order valence-electron chi connectivity index (χ0n) is 9.33. The highest BCUT2D eigenvalue weighted by Crippen LogP contribution is 2.47. The summed E-state index contributed by atoms with van der Waals surface area (Å²) in [6.45, 7) is 0.00915. The van der Waals surface area contributed by atoms with Crippen LogP contribution in [0.4, 0.5) is 0 Å². The van der Waals surface area contributed by atoms with Gasteiger partial charge >= 0.3 is 0 Å². The molecule has 0 amide bonds. The van der Waals surface area contributed by atoms with Gasteiger partial charge in [0.2, 0.25) is 11.5 Å². The number of hydrogen-bond donors (Lipinski definition) is 0. The number of methoxy groups -OCH3 is 3. The number of Topliss-reactive ketones (excluding diaryl/α,β-unsaturated/α-hetero) is 1. The Morgan fingerprint density at radius 3 is 2.38 bits per heavy atom. The van der Waals surface area contributed by atoms with E-state index in [1.165, 1.54) is 21.3 Å². The second kappa shape index (κ2) is 3.92. The maximum absolute atomic E-state index is 11.6. The first kappa shape index (κ1) is 10.6. The van der Waals surface area contributed by atoms with E-state index in [0.29, 0.717) is 28.6 Å². The highest BCUT2D eigenvalue weighted by molar-refractivity contribution is 6.06. The summed E-state index contributed by atoms with van der Waals surface area (Å²) in [6.07, 6.45) is 0. The van der Waals surface area contributed by atoms with Crippen LogP contribution in [0.15, 0.2) is 6.07 Å². The van der Waals surface area contributed by atoms with Gasteiger partial charge in [-0.25, -0.2) is 0 Å². The Kier molecular flexibility index (Phi) is 2.60. The lowest BCUT2D eigenvalue weighted by atomic mass is 10.1. The summed E-state index contributed by atoms with van der Waals surface area (Å²) in [4.78, 5) is 11.6. The van der Waals surface area contributed by atoms with Crippen LogP contribution in [0, 0.1) is 0 Å². The van der Waals surface area contributed by atoms with E-state index in [-0.39, 0.29) is 12.4 Å². The SMILES string of the molecule is COc1cc(OC)c2c(c1OC)OCC2=O. The molecular weight excluding hydrogens is 212 g/mol. The van der Waals surface area contributed by atoms with Gasteiger partial charge in [0, 0.05) is 6.07 Å². The maximum Gasteiger partial charge on any atom is 0.207 e. The van der Waals surface area contributed by atoms with E-state index in [4.69, 9.17) is 18.9 Å². The third-order valence-corrected chi connectivity index (χ3v) is 2.44. The molecule has 0 saturated heterocycles. The van der Waals surface area contributed by atoms with Gasteiger partial charge in [0.05, 0.1) is 21.3 Å². The van der Waals surface area contributed by atoms with Crippen LogP contribution in [0.1, 0.15) is 10.4 Å². The Hall–Kier alpha value is -1.91. The van der Waals surface area contributed by atoms with Crippen molar-refractivity contribution in [1.29, 1.82) is 0 Å². The van der Waals surface area contributed by atoms with Gasteiger partial charge in [-0.15, -0.1) is 0 Å². The van der Waals surface area contributed by atoms with Crippen molar-refractivity contribution in [2.75, 3.05) is 27.9 Å². The van der Waals surface area contributed by atoms with E-state index < -0.39 is 0 Å². The highest BCUT2D eigenvalue weighted by Gasteiger charge is 2.31. The van der Waals surface area contributed by atoms with Gasteiger partial charge in [-0.05, 0) is 0 Å². The van der Waals surface area contributed by atoms with Crippen molar-refractivity contribution in [3.8, 4) is 23.0 Å². The average molecular weight is 224 g/mol. The molecule has 0 fully saturated rings. The molecule has 1 aliphatic rings. The zero-order valence-corrected chi connectivity index (χ0v) is 9.33. The largest absolute Gasteiger partial charge is 0.496 e. The van der Waals surface area contributed by atoms with Crippen LogP contribution in [-0.2, 0) is 0 Å². The van der Waals surface area contributed by atoms with E-state index >= 15 is 0 Å². The minimum atomic E-state index is -0.118. The Bertz CT molecular complexity index is 438. The summed E-state index contributed by atoms with van der Waals surface area (Å²) < 4.78 is 20.7. The quantitative estimate of drug-likeness (QED) is 0.774. The first-order valence-electron chi connectivity index (χ1n) is 4.71. The number of ether oxygens (including phenoxy) is 4. The van der Waals surface area contributed by atoms with Crippen LogP contribution in [0.25, 0.3) is 0 Å². The first-order valence-corrected chi connectivity index (χ1v) is 4.71. The molecule has 0 spiro atoms. The molecule has 2 rings (SSSR count). The molecule has 0 radical (unpaired) electrons. The number of carbonyl (C=O) groups excluding carboxylic acids is 1. The fraction of sp³-hybridized carbons (Fsp3) is 0.364. The van der Waals surface area contributed by atoms with Crippen LogP contribution >= 0.6 is 0 Å². The smallest absolute Gasteiger partial charge is 0.207 e. The number of carbonyl (C=O) groups is 1. The van der Waals surface area contributed by atoms with E-state index in [1.807, 2.05) is 0 Å². The van der Waals surface area contributed by atoms with Gasteiger partial charge in [0.25, 0.3) is 0 Å². The van der Waals surface area contributed by atoms with Crippen LogP contribution in [0.3, 0.4) is 0 Å². The first-order chi connectivity index (χ1) is 7.72. The van der Waals surface area contributed by atoms with Gasteiger partial charge in [0.1, 0.15) is 11.3 Å². The molecule has 0 aromatic heterocycles. The Morgan fingerprint density at radius 1 is 1.12 bits per heavy atom. The van der Waals surface area contributed by atoms with Crippen LogP contribution in [0.5, 0.6) is 23.0 Å². The van der Waals surface area contributed by atoms with Gasteiger partial charge in [-0.3, -0.25) is 4.79 Å². The molecule has 5 heteroatoms. The van der Waals surface area contributed by atoms with Crippen molar-refractivity contribution in [1.82, 2.24) is 0 Å². The van der Waals surface area contributed by atoms with E-state index in [0.717, 1.165) is 0 Å². The molecule has 1 aliphatic heterocycles. The van der Waals surface area contributed by atoms with Crippen LogP contribution in [-0.4, -0.2) is 33.7 Å². The summed E-state index contributed by atoms with van der Waals surface area (Å²) in [5, 5.41) is 0. The number of fused-ring (bicyclic) bond motifs is 1. The second-order valence-corrected chi connectivity index (χ2v) is 3.23. The number of hydrogen-bond acceptors (Lipinski definition) is 5. The number of ketones is 1. The van der Waals surface area contributed by atoms with Gasteiger partial charge < -0.3 is 18.9 Å². The van der Waals surface area contributed by atoms with Crippen molar-refractivity contribution in [2.24, 2.45) is 0 Å². The lowest BCUT2D eigenvalue weighted by Gasteiger charge is -2.13. The van der Waals surface area contributed by atoms with Crippen molar-refractivity contribution in [2.45, 2.75) is 0 Å². The molecule has 1 aromatic carbocycles. The molecule has 16 heavy (non-hydrogen) atoms. The summed E-state index contributed by atoms with van der Waals surface area (Å²) in [7, 11) is 4.50. The van der Waals surface area contributed by atoms with E-state index in [2.05, 4.69) is 0 Å². The molecule has 0 aliphatic carbocycles. The minimum absolute atomic E-state index is 0.00915. The maximum atomic E-state index is 11.6. The van der Waals surface area contributed by atoms with Crippen molar-refractivity contribution < 1.29 is 23.7 Å². The lowest BCUT2D eigenvalue weighted by molar-refractivity contribution is 0.0959. The molecule has 86 valence electrons. The zero-order chi connectivity index (χ0) is 11.7. The fourth-order valence-corrected chi connectivity index (χ4v) is 1.71. The minimum Gasteiger partial charge on any atom is -0.496 e. The molecule has 5 nitrogen and oxygen atoms in total. The van der Waals surface area contributed by atoms with Crippen LogP contribution < -0.4 is 18.9 Å². The monoisotopic (exact) mass is 224 g/mol. The molecular formula is C11H12O5. The highest BCUT2D eigenvalue weighted by atomic mass is 16.5. The number of benzene rings is 1. The molecule has 0 saturated carbocycles. The molecule has 1 heterocycles. The molecule has 0 N–H and O–H groups in total. The van der Waals surface area contributed by atoms with Crippen molar-refractivity contribution >= 4 is 5.78 Å². The van der Waals surface area contributed by atoms with Crippen molar-refractivity contribution in [3.05, 3.63) is 11.6 Å². The van der Waals surface area contributed by atoms with Gasteiger partial charge in [-0.2, -0.15) is 0 Å². The standard InChI is InChI=1S/C11H12O5/c1-13-7-4-8(14-2)10(15-3)11-9(7)6(12)5-16-11/h4H,5H2,1-3H3. The number of rotatable bonds is 3. The van der Waals surface area contributed by atoms with E-state index in [1.54, 1.807) is 6.07 Å². The Balaban J connectivity index is 2.69. The second-order valence-electron chi connectivity index (χ2n) is 3.23. The lowest BCUT2D eigenvalue weighted by Crippen LogP contribution is -2.01. The van der Waals surface area contributed by atoms with E-state index in [9.17, 15) is 4.79 Å². The summed E-state index contributed by atoms with van der Waals surface area (Å²) >= 11 is 0. The topological polar surface area (TPSA) is 54.0 Å². The summed E-state index contributed by atoms with van der Waals surface area (Å²) in [5.41, 5.74) is 0.417. The predicted molar refractivity (Wildman–Crippen MR) is 55.9 cm³/mol. The van der Waals surface area contributed by atoms with Crippen molar-refractivity contribution in [3.63, 3.8) is 0 Å². The Morgan fingerprint density at radius 2 is 1.81 bits per heavy atom. The van der Waals surface area contributed by atoms with Crippen LogP contribution in [0.2, 0.25) is 0 Å². The summed E-state index contributed by atoms with van der Waals surface area (Å²) in [5.74, 6) is 1.61. The summed E-state index contributed by atoms with van der Waals surface area (Å²) in [6, 6.07) is 1.62. The third kappa shape index (κ3) is 1.36. The molecule has 0 bridgehead atoms. The normalized spacial score (nSPS) is 13.1.